The van der Waals surface area contributed by atoms with Crippen molar-refractivity contribution in [1.29, 1.82) is 0 Å². The van der Waals surface area contributed by atoms with Crippen LogP contribution in [0.2, 0.25) is 5.02 Å². The molecule has 0 saturated carbocycles. The van der Waals surface area contributed by atoms with Crippen LogP contribution < -0.4 is 5.32 Å². The van der Waals surface area contributed by atoms with Gasteiger partial charge in [0.25, 0.3) is 5.91 Å². The van der Waals surface area contributed by atoms with Crippen molar-refractivity contribution in [2.75, 3.05) is 25.1 Å². The number of benzene rings is 1. The maximum Gasteiger partial charge on any atom is 0.254 e. The van der Waals surface area contributed by atoms with Gasteiger partial charge in [-0.3, -0.25) is 4.79 Å². The molecule has 128 valence electrons. The summed E-state index contributed by atoms with van der Waals surface area (Å²) >= 11 is 6.26. The number of fused-ring (bicyclic) bond motifs is 1. The van der Waals surface area contributed by atoms with Gasteiger partial charge in [0, 0.05) is 17.7 Å². The van der Waals surface area contributed by atoms with E-state index in [1.54, 1.807) is 12.3 Å². The molecular formula is C17H15ClN4O3. The fraction of sp³-hybridized carbons (Fsp3) is 0.294. The second kappa shape index (κ2) is 6.42. The summed E-state index contributed by atoms with van der Waals surface area (Å²) in [5.41, 5.74) is 2.77. The van der Waals surface area contributed by atoms with Crippen LogP contribution in [0.25, 0.3) is 11.3 Å². The molecule has 2 aliphatic rings. The van der Waals surface area contributed by atoms with E-state index in [1.165, 1.54) is 4.90 Å². The minimum Gasteiger partial charge on any atom is -0.377 e. The molecule has 0 radical (unpaired) electrons. The zero-order chi connectivity index (χ0) is 17.4. The van der Waals surface area contributed by atoms with E-state index in [1.807, 2.05) is 12.1 Å². The SMILES string of the molecule is O=CCN1Cc2ccc(-c3nc(NC4COC4)ncc3Cl)cc2C1=O. The number of aldehydes is 1. The Morgan fingerprint density at radius 2 is 2.24 bits per heavy atom. The van der Waals surface area contributed by atoms with Crippen molar-refractivity contribution in [1.82, 2.24) is 14.9 Å². The monoisotopic (exact) mass is 358 g/mol. The van der Waals surface area contributed by atoms with E-state index in [0.717, 1.165) is 17.4 Å². The zero-order valence-electron chi connectivity index (χ0n) is 13.2. The van der Waals surface area contributed by atoms with E-state index in [-0.39, 0.29) is 18.5 Å². The molecule has 8 heteroatoms. The number of halogens is 1. The molecule has 1 aromatic carbocycles. The maximum absolute atomic E-state index is 12.4. The quantitative estimate of drug-likeness (QED) is 0.820. The Morgan fingerprint density at radius 3 is 2.96 bits per heavy atom. The highest BCUT2D eigenvalue weighted by Crippen LogP contribution is 2.31. The summed E-state index contributed by atoms with van der Waals surface area (Å²) in [5.74, 6) is 0.321. The second-order valence-corrected chi connectivity index (χ2v) is 6.40. The van der Waals surface area contributed by atoms with Gasteiger partial charge < -0.3 is 19.7 Å². The largest absolute Gasteiger partial charge is 0.377 e. The molecule has 7 nitrogen and oxygen atoms in total. The van der Waals surface area contributed by atoms with Gasteiger partial charge in [-0.15, -0.1) is 0 Å². The molecule has 1 aromatic heterocycles. The Morgan fingerprint density at radius 1 is 1.40 bits per heavy atom. The van der Waals surface area contributed by atoms with Crippen molar-refractivity contribution >= 4 is 29.7 Å². The first-order valence-corrected chi connectivity index (χ1v) is 8.26. The van der Waals surface area contributed by atoms with Gasteiger partial charge in [0.15, 0.2) is 0 Å². The van der Waals surface area contributed by atoms with Crippen molar-refractivity contribution in [2.45, 2.75) is 12.6 Å². The topological polar surface area (TPSA) is 84.4 Å². The predicted molar refractivity (Wildman–Crippen MR) is 91.5 cm³/mol. The van der Waals surface area contributed by atoms with E-state index < -0.39 is 0 Å². The summed E-state index contributed by atoms with van der Waals surface area (Å²) < 4.78 is 5.13. The number of rotatable bonds is 5. The van der Waals surface area contributed by atoms with Crippen LogP contribution in [0.15, 0.2) is 24.4 Å². The zero-order valence-corrected chi connectivity index (χ0v) is 14.0. The van der Waals surface area contributed by atoms with Gasteiger partial charge in [0.05, 0.1) is 42.7 Å². The molecule has 0 atom stereocenters. The molecule has 1 fully saturated rings. The van der Waals surface area contributed by atoms with Crippen LogP contribution in [0.5, 0.6) is 0 Å². The Labute approximate surface area is 149 Å². The highest BCUT2D eigenvalue weighted by molar-refractivity contribution is 6.33. The summed E-state index contributed by atoms with van der Waals surface area (Å²) in [6.07, 6.45) is 2.27. The van der Waals surface area contributed by atoms with Crippen molar-refractivity contribution < 1.29 is 14.3 Å². The first-order valence-electron chi connectivity index (χ1n) is 7.88. The molecule has 0 unspecified atom stereocenters. The minimum absolute atomic E-state index is 0.0919. The third-order valence-corrected chi connectivity index (χ3v) is 4.55. The van der Waals surface area contributed by atoms with Gasteiger partial charge in [0.2, 0.25) is 5.95 Å². The highest BCUT2D eigenvalue weighted by atomic mass is 35.5. The number of amides is 1. The fourth-order valence-corrected chi connectivity index (χ4v) is 3.09. The van der Waals surface area contributed by atoms with Crippen molar-refractivity contribution in [2.24, 2.45) is 0 Å². The lowest BCUT2D eigenvalue weighted by molar-refractivity contribution is -0.108. The Kier molecular flexibility index (Phi) is 4.10. The van der Waals surface area contributed by atoms with Crippen LogP contribution >= 0.6 is 11.6 Å². The summed E-state index contributed by atoms with van der Waals surface area (Å²) in [4.78, 5) is 33.3. The Balaban J connectivity index is 1.65. The van der Waals surface area contributed by atoms with Crippen LogP contribution in [0.1, 0.15) is 15.9 Å². The lowest BCUT2D eigenvalue weighted by atomic mass is 10.0. The highest BCUT2D eigenvalue weighted by Gasteiger charge is 2.27. The molecule has 4 rings (SSSR count). The molecule has 2 aromatic rings. The van der Waals surface area contributed by atoms with E-state index in [4.69, 9.17) is 16.3 Å². The number of carbonyl (C=O) groups is 2. The predicted octanol–water partition coefficient (Wildman–Crippen LogP) is 1.76. The third-order valence-electron chi connectivity index (χ3n) is 4.27. The molecule has 25 heavy (non-hydrogen) atoms. The molecule has 2 aliphatic heterocycles. The van der Waals surface area contributed by atoms with E-state index in [0.29, 0.717) is 42.0 Å². The number of ether oxygens (including phenoxy) is 1. The van der Waals surface area contributed by atoms with Crippen molar-refractivity contribution in [3.05, 3.63) is 40.5 Å². The molecular weight excluding hydrogens is 344 g/mol. The van der Waals surface area contributed by atoms with Crippen LogP contribution in [-0.4, -0.2) is 52.9 Å². The standard InChI is InChI=1S/C17H15ClN4O3/c18-14-6-19-17(20-12-8-25-9-12)21-15(14)10-1-2-11-7-22(3-4-23)16(24)13(11)5-10/h1-2,4-6,12H,3,7-9H2,(H,19,20,21). The number of carbonyl (C=O) groups excluding carboxylic acids is 2. The smallest absolute Gasteiger partial charge is 0.254 e. The number of aromatic nitrogens is 2. The van der Waals surface area contributed by atoms with Gasteiger partial charge >= 0.3 is 0 Å². The molecule has 1 amide bonds. The third kappa shape index (κ3) is 2.96. The van der Waals surface area contributed by atoms with Crippen LogP contribution in [0, 0.1) is 0 Å². The first-order chi connectivity index (χ1) is 12.2. The number of nitrogens with one attached hydrogen (secondary N) is 1. The lowest BCUT2D eigenvalue weighted by Gasteiger charge is -2.26. The van der Waals surface area contributed by atoms with Gasteiger partial charge in [-0.1, -0.05) is 23.7 Å². The van der Waals surface area contributed by atoms with Gasteiger partial charge in [-0.2, -0.15) is 0 Å². The average Bonchev–Trinajstić information content (AvgIpc) is 2.88. The van der Waals surface area contributed by atoms with Crippen molar-refractivity contribution in [3.63, 3.8) is 0 Å². The number of hydrogen-bond acceptors (Lipinski definition) is 6. The van der Waals surface area contributed by atoms with Gasteiger partial charge in [0.1, 0.15) is 6.29 Å². The van der Waals surface area contributed by atoms with E-state index in [2.05, 4.69) is 15.3 Å². The molecule has 1 saturated heterocycles. The maximum atomic E-state index is 12.4. The summed E-state index contributed by atoms with van der Waals surface area (Å²) in [7, 11) is 0. The fourth-order valence-electron chi connectivity index (χ4n) is 2.89. The summed E-state index contributed by atoms with van der Waals surface area (Å²) in [5, 5.41) is 3.59. The number of anilines is 1. The summed E-state index contributed by atoms with van der Waals surface area (Å²) in [6.45, 7) is 1.79. The van der Waals surface area contributed by atoms with Crippen LogP contribution in [0.4, 0.5) is 5.95 Å². The van der Waals surface area contributed by atoms with Crippen LogP contribution in [-0.2, 0) is 16.1 Å². The van der Waals surface area contributed by atoms with Crippen molar-refractivity contribution in [3.8, 4) is 11.3 Å². The molecule has 1 N–H and O–H groups in total. The minimum atomic E-state index is -0.154. The first kappa shape index (κ1) is 16.0. The van der Waals surface area contributed by atoms with E-state index in [9.17, 15) is 9.59 Å². The van der Waals surface area contributed by atoms with Gasteiger partial charge in [-0.25, -0.2) is 9.97 Å². The normalized spacial score (nSPS) is 16.5. The molecule has 0 spiro atoms. The number of hydrogen-bond donors (Lipinski definition) is 1. The average molecular weight is 359 g/mol. The number of nitrogens with zero attached hydrogens (tertiary/aromatic N) is 3. The lowest BCUT2D eigenvalue weighted by Crippen LogP contribution is -2.40. The van der Waals surface area contributed by atoms with Gasteiger partial charge in [-0.05, 0) is 11.6 Å². The van der Waals surface area contributed by atoms with Crippen LogP contribution in [0.3, 0.4) is 0 Å². The summed E-state index contributed by atoms with van der Waals surface area (Å²) in [6, 6.07) is 5.72. The van der Waals surface area contributed by atoms with E-state index >= 15 is 0 Å². The Hall–Kier alpha value is -2.51. The molecule has 3 heterocycles. The second-order valence-electron chi connectivity index (χ2n) is 5.99. The Bertz CT molecular complexity index is 854. The molecule has 0 aliphatic carbocycles. The molecule has 0 bridgehead atoms.